The van der Waals surface area contributed by atoms with Crippen molar-refractivity contribution in [3.05, 3.63) is 17.8 Å². The van der Waals surface area contributed by atoms with Crippen LogP contribution >= 0.6 is 11.9 Å². The van der Waals surface area contributed by atoms with Gasteiger partial charge in [0.1, 0.15) is 17.2 Å². The Balaban J connectivity index is 0.000000481. The summed E-state index contributed by atoms with van der Waals surface area (Å²) in [6.07, 6.45) is 9.38. The summed E-state index contributed by atoms with van der Waals surface area (Å²) in [5.74, 6) is 3.27. The van der Waals surface area contributed by atoms with Crippen molar-refractivity contribution in [1.82, 2.24) is 14.2 Å². The van der Waals surface area contributed by atoms with Crippen molar-refractivity contribution in [2.75, 3.05) is 57.0 Å². The van der Waals surface area contributed by atoms with Crippen LogP contribution in [0.25, 0.3) is 0 Å². The lowest BCUT2D eigenvalue weighted by atomic mass is 9.83. The molecule has 0 saturated carbocycles. The van der Waals surface area contributed by atoms with Crippen LogP contribution in [0.15, 0.2) is 12.3 Å². The molecule has 1 aromatic rings. The molecule has 0 aliphatic carbocycles. The second kappa shape index (κ2) is 12.5. The number of carbonyl (C=O) groups excluding carboxylic acids is 1. The lowest BCUT2D eigenvalue weighted by molar-refractivity contribution is -0.121. The minimum absolute atomic E-state index is 0.0417. The first-order valence-electron chi connectivity index (χ1n) is 12.8. The highest BCUT2D eigenvalue weighted by Crippen LogP contribution is 2.39. The average molecular weight is 493 g/mol. The molecule has 1 aromatic heterocycles. The Hall–Kier alpha value is -1.51. The maximum absolute atomic E-state index is 11.0. The molecule has 8 heteroatoms. The van der Waals surface area contributed by atoms with Gasteiger partial charge >= 0.3 is 0 Å². The summed E-state index contributed by atoms with van der Waals surface area (Å²) in [6.45, 7) is 14.2. The summed E-state index contributed by atoms with van der Waals surface area (Å²) in [5, 5.41) is 0. The number of carbonyl (C=O) groups is 1. The highest BCUT2D eigenvalue weighted by Gasteiger charge is 2.39. The minimum atomic E-state index is -0.100. The van der Waals surface area contributed by atoms with Gasteiger partial charge in [-0.25, -0.2) is 9.29 Å². The van der Waals surface area contributed by atoms with Gasteiger partial charge in [-0.05, 0) is 51.7 Å². The fourth-order valence-corrected chi connectivity index (χ4v) is 5.45. The van der Waals surface area contributed by atoms with Gasteiger partial charge in [-0.1, -0.05) is 25.3 Å². The zero-order valence-corrected chi connectivity index (χ0v) is 22.7. The van der Waals surface area contributed by atoms with Crippen LogP contribution in [0.1, 0.15) is 65.4 Å². The number of piperidine rings is 1. The van der Waals surface area contributed by atoms with Crippen LogP contribution in [0, 0.1) is 0 Å². The van der Waals surface area contributed by atoms with E-state index in [1.165, 1.54) is 24.2 Å². The van der Waals surface area contributed by atoms with Crippen LogP contribution in [-0.2, 0) is 16.0 Å². The summed E-state index contributed by atoms with van der Waals surface area (Å²) in [6, 6.07) is 2.24. The molecule has 0 unspecified atom stereocenters. The van der Waals surface area contributed by atoms with Gasteiger partial charge in [0.05, 0.1) is 11.8 Å². The molecule has 1 amide bonds. The molecule has 1 spiro atoms. The van der Waals surface area contributed by atoms with Crippen molar-refractivity contribution >= 4 is 24.2 Å². The third kappa shape index (κ3) is 7.75. The number of hydrogen-bond acceptors (Lipinski definition) is 7. The van der Waals surface area contributed by atoms with Gasteiger partial charge in [0.15, 0.2) is 0 Å². The normalized spacial score (nSPS) is 20.3. The third-order valence-corrected chi connectivity index (χ3v) is 8.12. The monoisotopic (exact) mass is 492 g/mol. The summed E-state index contributed by atoms with van der Waals surface area (Å²) in [7, 11) is 1.71. The van der Waals surface area contributed by atoms with Gasteiger partial charge in [-0.15, -0.1) is 0 Å². The smallest absolute Gasteiger partial charge is 0.209 e. The molecule has 4 rings (SSSR count). The molecule has 34 heavy (non-hydrogen) atoms. The summed E-state index contributed by atoms with van der Waals surface area (Å²) >= 11 is 2.00. The van der Waals surface area contributed by atoms with Crippen molar-refractivity contribution in [3.63, 3.8) is 0 Å². The Kier molecular flexibility index (Phi) is 9.92. The van der Waals surface area contributed by atoms with Crippen LogP contribution in [0.4, 0.5) is 5.82 Å². The summed E-state index contributed by atoms with van der Waals surface area (Å²) in [5.41, 5.74) is 1.23. The lowest BCUT2D eigenvalue weighted by Gasteiger charge is -2.44. The maximum atomic E-state index is 11.0. The predicted octanol–water partition coefficient (Wildman–Crippen LogP) is 4.40. The zero-order valence-electron chi connectivity index (χ0n) is 21.8. The van der Waals surface area contributed by atoms with Gasteiger partial charge in [0.25, 0.3) is 0 Å². The van der Waals surface area contributed by atoms with E-state index in [1.807, 2.05) is 43.8 Å². The second-order valence-corrected chi connectivity index (χ2v) is 11.7. The van der Waals surface area contributed by atoms with E-state index in [9.17, 15) is 4.79 Å². The Morgan fingerprint density at radius 1 is 1.15 bits per heavy atom. The molecule has 0 bridgehead atoms. The van der Waals surface area contributed by atoms with Crippen LogP contribution in [0.2, 0.25) is 0 Å². The van der Waals surface area contributed by atoms with E-state index in [4.69, 9.17) is 14.5 Å². The van der Waals surface area contributed by atoms with Crippen LogP contribution < -0.4 is 9.64 Å². The van der Waals surface area contributed by atoms with E-state index in [0.29, 0.717) is 0 Å². The lowest BCUT2D eigenvalue weighted by Crippen LogP contribution is -2.49. The number of hydrogen-bond donors (Lipinski definition) is 0. The number of rotatable bonds is 6. The van der Waals surface area contributed by atoms with Crippen molar-refractivity contribution in [3.8, 4) is 5.75 Å². The number of methoxy groups -OCH3 is 1. The van der Waals surface area contributed by atoms with E-state index < -0.39 is 0 Å². The fraction of sp³-hybridized carbons (Fsp3) is 0.769. The SMILES string of the molecule is CCCCSN1CCN(c2cc3c(cn2)OC2(CC3)CCN(C=O)CC2)CC1.COC(C)(C)C. The molecule has 0 radical (unpaired) electrons. The Morgan fingerprint density at radius 2 is 1.82 bits per heavy atom. The number of pyridine rings is 1. The van der Waals surface area contributed by atoms with E-state index in [0.717, 1.165) is 82.9 Å². The quantitative estimate of drug-likeness (QED) is 0.331. The molecule has 0 N–H and O–H groups in total. The third-order valence-electron chi connectivity index (χ3n) is 6.92. The van der Waals surface area contributed by atoms with Gasteiger partial charge in [-0.3, -0.25) is 4.79 Å². The number of aryl methyl sites for hydroxylation is 1. The number of fused-ring (bicyclic) bond motifs is 1. The van der Waals surface area contributed by atoms with Gasteiger partial charge in [0.2, 0.25) is 6.41 Å². The molecule has 4 heterocycles. The van der Waals surface area contributed by atoms with Gasteiger partial charge < -0.3 is 19.3 Å². The first-order chi connectivity index (χ1) is 16.3. The van der Waals surface area contributed by atoms with Crippen LogP contribution in [0.3, 0.4) is 0 Å². The molecule has 3 aliphatic heterocycles. The highest BCUT2D eigenvalue weighted by atomic mass is 32.2. The molecule has 2 fully saturated rings. The average Bonchev–Trinajstić information content (AvgIpc) is 2.85. The molecular weight excluding hydrogens is 448 g/mol. The van der Waals surface area contributed by atoms with Crippen LogP contribution in [-0.4, -0.2) is 83.9 Å². The van der Waals surface area contributed by atoms with Gasteiger partial charge in [-0.2, -0.15) is 0 Å². The van der Waals surface area contributed by atoms with Gasteiger partial charge in [0, 0.05) is 65.0 Å². The summed E-state index contributed by atoms with van der Waals surface area (Å²) in [4.78, 5) is 20.0. The standard InChI is InChI=1S/C21H32N4O2S.C5H12O/c1-2-3-14-28-25-12-10-24(11-13-25)20-15-18-4-5-21(27-19(18)16-22-20)6-8-23(17-26)9-7-21;1-5(2,3)6-4/h15-17H,2-14H2,1H3;1-4H3. The molecule has 7 nitrogen and oxygen atoms in total. The first kappa shape index (κ1) is 27.1. The van der Waals surface area contributed by atoms with Crippen molar-refractivity contribution in [1.29, 1.82) is 0 Å². The van der Waals surface area contributed by atoms with E-state index in [1.54, 1.807) is 7.11 Å². The largest absolute Gasteiger partial charge is 0.485 e. The number of anilines is 1. The molecule has 0 aromatic carbocycles. The van der Waals surface area contributed by atoms with Crippen molar-refractivity contribution in [2.24, 2.45) is 0 Å². The summed E-state index contributed by atoms with van der Waals surface area (Å²) < 4.78 is 13.9. The maximum Gasteiger partial charge on any atom is 0.209 e. The zero-order chi connectivity index (χ0) is 24.6. The fourth-order valence-electron chi connectivity index (χ4n) is 4.35. The Bertz CT molecular complexity index is 770. The molecule has 3 aliphatic rings. The highest BCUT2D eigenvalue weighted by molar-refractivity contribution is 7.97. The number of likely N-dealkylation sites (tertiary alicyclic amines) is 1. The number of piperazine rings is 1. The first-order valence-corrected chi connectivity index (χ1v) is 13.8. The number of unbranched alkanes of at least 4 members (excludes halogenated alkanes) is 1. The predicted molar refractivity (Wildman–Crippen MR) is 141 cm³/mol. The molecular formula is C26H44N4O3S. The van der Waals surface area contributed by atoms with Crippen LogP contribution in [0.5, 0.6) is 5.75 Å². The second-order valence-electron chi connectivity index (χ2n) is 10.5. The van der Waals surface area contributed by atoms with E-state index >= 15 is 0 Å². The molecule has 0 atom stereocenters. The van der Waals surface area contributed by atoms with E-state index in [2.05, 4.69) is 22.2 Å². The number of aromatic nitrogens is 1. The Labute approximate surface area is 210 Å². The van der Waals surface area contributed by atoms with Crippen molar-refractivity contribution < 1.29 is 14.3 Å². The number of ether oxygens (including phenoxy) is 2. The van der Waals surface area contributed by atoms with E-state index in [-0.39, 0.29) is 11.2 Å². The van der Waals surface area contributed by atoms with Crippen molar-refractivity contribution in [2.45, 2.75) is 77.4 Å². The number of amides is 1. The minimum Gasteiger partial charge on any atom is -0.485 e. The molecule has 2 saturated heterocycles. The topological polar surface area (TPSA) is 58.1 Å². The Morgan fingerprint density at radius 3 is 2.41 bits per heavy atom. The number of nitrogens with zero attached hydrogens (tertiary/aromatic N) is 4. The molecule has 192 valence electrons.